The number of aromatic nitrogens is 2. The Kier molecular flexibility index (Phi) is 3.54. The summed E-state index contributed by atoms with van der Waals surface area (Å²) in [5.41, 5.74) is 2.10. The van der Waals surface area contributed by atoms with Gasteiger partial charge in [0.1, 0.15) is 0 Å². The molecule has 0 aliphatic heterocycles. The molecule has 0 radical (unpaired) electrons. The number of aryl methyl sites for hydroxylation is 2. The van der Waals surface area contributed by atoms with E-state index in [-0.39, 0.29) is 0 Å². The lowest BCUT2D eigenvalue weighted by molar-refractivity contribution is -0.0265. The standard InChI is InChI=1S/C15H26N2O/c1-5-17-13(10-12(2)16-17)11-15(18)8-6-14(3,4)7-9-15/h10,18H,5-9,11H2,1-4H3. The first kappa shape index (κ1) is 13.6. The first-order valence-electron chi connectivity index (χ1n) is 7.09. The van der Waals surface area contributed by atoms with Crippen molar-refractivity contribution in [2.45, 2.75) is 71.9 Å². The van der Waals surface area contributed by atoms with Crippen LogP contribution in [0.15, 0.2) is 6.07 Å². The van der Waals surface area contributed by atoms with E-state index < -0.39 is 5.60 Å². The van der Waals surface area contributed by atoms with E-state index >= 15 is 0 Å². The SMILES string of the molecule is CCn1nc(C)cc1CC1(O)CCC(C)(C)CC1. The van der Waals surface area contributed by atoms with Crippen LogP contribution in [0.2, 0.25) is 0 Å². The van der Waals surface area contributed by atoms with Gasteiger partial charge in [0, 0.05) is 18.7 Å². The van der Waals surface area contributed by atoms with Gasteiger partial charge < -0.3 is 5.11 Å². The number of rotatable bonds is 3. The second-order valence-corrected chi connectivity index (χ2v) is 6.66. The maximum Gasteiger partial charge on any atom is 0.0703 e. The summed E-state index contributed by atoms with van der Waals surface area (Å²) in [6.45, 7) is 9.60. The van der Waals surface area contributed by atoms with Crippen LogP contribution in [-0.2, 0) is 13.0 Å². The lowest BCUT2D eigenvalue weighted by atomic mass is 9.69. The number of hydrogen-bond donors (Lipinski definition) is 1. The van der Waals surface area contributed by atoms with Crippen molar-refractivity contribution in [3.63, 3.8) is 0 Å². The zero-order chi connectivity index (χ0) is 13.4. The van der Waals surface area contributed by atoms with Gasteiger partial charge in [-0.25, -0.2) is 0 Å². The maximum absolute atomic E-state index is 10.7. The smallest absolute Gasteiger partial charge is 0.0703 e. The van der Waals surface area contributed by atoms with Gasteiger partial charge in [-0.2, -0.15) is 5.10 Å². The third-order valence-corrected chi connectivity index (χ3v) is 4.33. The van der Waals surface area contributed by atoms with Crippen LogP contribution in [0.4, 0.5) is 0 Å². The molecule has 1 fully saturated rings. The highest BCUT2D eigenvalue weighted by Crippen LogP contribution is 2.41. The summed E-state index contributed by atoms with van der Waals surface area (Å²) in [6.07, 6.45) is 4.80. The van der Waals surface area contributed by atoms with Gasteiger partial charge in [0.2, 0.25) is 0 Å². The maximum atomic E-state index is 10.7. The average Bonchev–Trinajstić information content (AvgIpc) is 2.64. The fourth-order valence-corrected chi connectivity index (χ4v) is 2.92. The van der Waals surface area contributed by atoms with Crippen LogP contribution in [0.1, 0.15) is 57.8 Å². The third-order valence-electron chi connectivity index (χ3n) is 4.33. The van der Waals surface area contributed by atoms with Gasteiger partial charge in [-0.15, -0.1) is 0 Å². The van der Waals surface area contributed by atoms with Crippen LogP contribution in [0.25, 0.3) is 0 Å². The Morgan fingerprint density at radius 3 is 2.44 bits per heavy atom. The van der Waals surface area contributed by atoms with Crippen LogP contribution in [-0.4, -0.2) is 20.5 Å². The van der Waals surface area contributed by atoms with Crippen molar-refractivity contribution in [1.29, 1.82) is 0 Å². The molecule has 2 rings (SSSR count). The molecule has 0 amide bonds. The zero-order valence-electron chi connectivity index (χ0n) is 12.2. The zero-order valence-corrected chi connectivity index (χ0v) is 12.2. The minimum atomic E-state index is -0.519. The van der Waals surface area contributed by atoms with Crippen LogP contribution < -0.4 is 0 Å². The first-order valence-corrected chi connectivity index (χ1v) is 7.09. The molecule has 1 saturated carbocycles. The highest BCUT2D eigenvalue weighted by atomic mass is 16.3. The minimum absolute atomic E-state index is 0.396. The monoisotopic (exact) mass is 250 g/mol. The van der Waals surface area contributed by atoms with Crippen molar-refractivity contribution in [2.75, 3.05) is 0 Å². The average molecular weight is 250 g/mol. The molecule has 3 nitrogen and oxygen atoms in total. The summed E-state index contributed by atoms with van der Waals surface area (Å²) < 4.78 is 2.02. The molecule has 1 heterocycles. The fraction of sp³-hybridized carbons (Fsp3) is 0.800. The van der Waals surface area contributed by atoms with Crippen molar-refractivity contribution < 1.29 is 5.11 Å². The molecule has 1 N–H and O–H groups in total. The van der Waals surface area contributed by atoms with Gasteiger partial charge >= 0.3 is 0 Å². The third kappa shape index (κ3) is 2.94. The molecule has 0 unspecified atom stereocenters. The Morgan fingerprint density at radius 1 is 1.28 bits per heavy atom. The minimum Gasteiger partial charge on any atom is -0.389 e. The van der Waals surface area contributed by atoms with Crippen molar-refractivity contribution in [2.24, 2.45) is 5.41 Å². The molecule has 102 valence electrons. The summed E-state index contributed by atoms with van der Waals surface area (Å²) in [4.78, 5) is 0. The molecule has 0 atom stereocenters. The Balaban J connectivity index is 2.09. The molecule has 0 saturated heterocycles. The van der Waals surface area contributed by atoms with E-state index in [0.29, 0.717) is 5.41 Å². The van der Waals surface area contributed by atoms with Crippen molar-refractivity contribution in [3.8, 4) is 0 Å². The first-order chi connectivity index (χ1) is 8.34. The Morgan fingerprint density at radius 2 is 1.89 bits per heavy atom. The lowest BCUT2D eigenvalue weighted by Crippen LogP contribution is -2.39. The number of nitrogens with zero attached hydrogens (tertiary/aromatic N) is 2. The molecule has 3 heteroatoms. The summed E-state index contributed by atoms with van der Waals surface area (Å²) >= 11 is 0. The van der Waals surface area contributed by atoms with E-state index in [1.165, 1.54) is 5.69 Å². The topological polar surface area (TPSA) is 38.0 Å². The molecule has 1 aromatic rings. The van der Waals surface area contributed by atoms with Gasteiger partial charge in [-0.3, -0.25) is 4.68 Å². The van der Waals surface area contributed by atoms with Gasteiger partial charge in [-0.1, -0.05) is 13.8 Å². The predicted molar refractivity (Wildman–Crippen MR) is 73.5 cm³/mol. The van der Waals surface area contributed by atoms with Crippen LogP contribution >= 0.6 is 0 Å². The lowest BCUT2D eigenvalue weighted by Gasteiger charge is -2.40. The summed E-state index contributed by atoms with van der Waals surface area (Å²) in [5.74, 6) is 0. The fourth-order valence-electron chi connectivity index (χ4n) is 2.92. The van der Waals surface area contributed by atoms with Crippen LogP contribution in [0.5, 0.6) is 0 Å². The molecule has 18 heavy (non-hydrogen) atoms. The van der Waals surface area contributed by atoms with Gasteiger partial charge in [0.15, 0.2) is 0 Å². The van der Waals surface area contributed by atoms with Crippen molar-refractivity contribution >= 4 is 0 Å². The molecule has 0 aromatic carbocycles. The largest absolute Gasteiger partial charge is 0.389 e. The van der Waals surface area contributed by atoms with Crippen LogP contribution in [0.3, 0.4) is 0 Å². The van der Waals surface area contributed by atoms with E-state index in [4.69, 9.17) is 0 Å². The second kappa shape index (κ2) is 4.69. The van der Waals surface area contributed by atoms with Crippen molar-refractivity contribution in [1.82, 2.24) is 9.78 Å². The summed E-state index contributed by atoms with van der Waals surface area (Å²) in [6, 6.07) is 2.11. The number of aliphatic hydroxyl groups is 1. The molecule has 0 bridgehead atoms. The molecular formula is C15H26N2O. The van der Waals surface area contributed by atoms with E-state index in [0.717, 1.165) is 44.3 Å². The van der Waals surface area contributed by atoms with Crippen molar-refractivity contribution in [3.05, 3.63) is 17.5 Å². The van der Waals surface area contributed by atoms with Gasteiger partial charge in [0.25, 0.3) is 0 Å². The van der Waals surface area contributed by atoms with E-state index in [1.807, 2.05) is 11.6 Å². The normalized spacial score (nSPS) is 22.1. The quantitative estimate of drug-likeness (QED) is 0.895. The molecule has 1 aliphatic rings. The van der Waals surface area contributed by atoms with E-state index in [1.54, 1.807) is 0 Å². The molecular weight excluding hydrogens is 224 g/mol. The van der Waals surface area contributed by atoms with Gasteiger partial charge in [0.05, 0.1) is 11.3 Å². The van der Waals surface area contributed by atoms with E-state index in [9.17, 15) is 5.11 Å². The van der Waals surface area contributed by atoms with E-state index in [2.05, 4.69) is 31.9 Å². The summed E-state index contributed by atoms with van der Waals surface area (Å²) in [5, 5.41) is 15.2. The van der Waals surface area contributed by atoms with Gasteiger partial charge in [-0.05, 0) is 51.0 Å². The predicted octanol–water partition coefficient (Wildman–Crippen LogP) is 3.09. The highest BCUT2D eigenvalue weighted by molar-refractivity contribution is 5.12. The van der Waals surface area contributed by atoms with Crippen LogP contribution in [0, 0.1) is 12.3 Å². The second-order valence-electron chi connectivity index (χ2n) is 6.66. The Bertz CT molecular complexity index is 410. The Labute approximate surface area is 110 Å². The number of hydrogen-bond acceptors (Lipinski definition) is 2. The highest BCUT2D eigenvalue weighted by Gasteiger charge is 2.37. The molecule has 1 aliphatic carbocycles. The molecule has 1 aromatic heterocycles. The summed E-state index contributed by atoms with van der Waals surface area (Å²) in [7, 11) is 0. The molecule has 0 spiro atoms. The Hall–Kier alpha value is -0.830.